The van der Waals surface area contributed by atoms with Crippen molar-refractivity contribution in [2.24, 2.45) is 5.92 Å². The Morgan fingerprint density at radius 2 is 2.20 bits per heavy atom. The topological polar surface area (TPSA) is 66.8 Å². The summed E-state index contributed by atoms with van der Waals surface area (Å²) in [5, 5.41) is 8.64. The number of carbonyl (C=O) groups is 2. The zero-order valence-corrected chi connectivity index (χ0v) is 9.10. The summed E-state index contributed by atoms with van der Waals surface area (Å²) < 4.78 is 4.95. The minimum atomic E-state index is -0.915. The van der Waals surface area contributed by atoms with E-state index >= 15 is 0 Å². The average molecular weight is 215 g/mol. The molecule has 0 spiro atoms. The minimum absolute atomic E-state index is 0.0468. The third kappa shape index (κ3) is 5.85. The molecule has 0 bridgehead atoms. The SMILES string of the molecule is C=CCOCC(=O)N(C)CC(C)C(=O)O. The van der Waals surface area contributed by atoms with Crippen molar-refractivity contribution in [1.29, 1.82) is 0 Å². The predicted octanol–water partition coefficient (Wildman–Crippen LogP) is 0.368. The van der Waals surface area contributed by atoms with Gasteiger partial charge >= 0.3 is 5.97 Å². The van der Waals surface area contributed by atoms with Crippen LogP contribution in [0.4, 0.5) is 0 Å². The standard InChI is InChI=1S/C10H17NO4/c1-4-5-15-7-9(12)11(3)6-8(2)10(13)14/h4,8H,1,5-7H2,2-3H3,(H,13,14). The highest BCUT2D eigenvalue weighted by atomic mass is 16.5. The number of ether oxygens (including phenoxy) is 1. The van der Waals surface area contributed by atoms with Crippen LogP contribution in [0.25, 0.3) is 0 Å². The summed E-state index contributed by atoms with van der Waals surface area (Å²) in [5.41, 5.74) is 0. The highest BCUT2D eigenvalue weighted by Crippen LogP contribution is 1.98. The van der Waals surface area contributed by atoms with E-state index in [2.05, 4.69) is 6.58 Å². The van der Waals surface area contributed by atoms with Crippen LogP contribution in [-0.4, -0.2) is 48.7 Å². The van der Waals surface area contributed by atoms with E-state index in [-0.39, 0.29) is 19.1 Å². The first-order valence-electron chi connectivity index (χ1n) is 4.64. The Balaban J connectivity index is 3.87. The molecule has 0 saturated heterocycles. The molecule has 0 saturated carbocycles. The van der Waals surface area contributed by atoms with Crippen LogP contribution in [0.3, 0.4) is 0 Å². The molecular weight excluding hydrogens is 198 g/mol. The molecule has 1 amide bonds. The van der Waals surface area contributed by atoms with Gasteiger partial charge in [0.1, 0.15) is 6.61 Å². The lowest BCUT2D eigenvalue weighted by Gasteiger charge is -2.19. The Morgan fingerprint density at radius 3 is 2.67 bits per heavy atom. The highest BCUT2D eigenvalue weighted by molar-refractivity contribution is 5.78. The molecule has 0 aliphatic rings. The van der Waals surface area contributed by atoms with Crippen LogP contribution in [0.1, 0.15) is 6.92 Å². The summed E-state index contributed by atoms with van der Waals surface area (Å²) in [6.45, 7) is 5.45. The van der Waals surface area contributed by atoms with Crippen molar-refractivity contribution in [2.75, 3.05) is 26.8 Å². The molecule has 15 heavy (non-hydrogen) atoms. The fraction of sp³-hybridized carbons (Fsp3) is 0.600. The van der Waals surface area contributed by atoms with Gasteiger partial charge in [-0.05, 0) is 0 Å². The summed E-state index contributed by atoms with van der Waals surface area (Å²) >= 11 is 0. The number of carbonyl (C=O) groups excluding carboxylic acids is 1. The van der Waals surface area contributed by atoms with Crippen LogP contribution in [0.15, 0.2) is 12.7 Å². The number of hydrogen-bond donors (Lipinski definition) is 1. The lowest BCUT2D eigenvalue weighted by atomic mass is 10.2. The van der Waals surface area contributed by atoms with E-state index in [0.29, 0.717) is 6.61 Å². The fourth-order valence-electron chi connectivity index (χ4n) is 0.930. The predicted molar refractivity (Wildman–Crippen MR) is 55.5 cm³/mol. The molecule has 1 N–H and O–H groups in total. The maximum absolute atomic E-state index is 11.3. The van der Waals surface area contributed by atoms with Crippen LogP contribution in [0, 0.1) is 5.92 Å². The number of carboxylic acid groups (broad SMARTS) is 1. The molecule has 86 valence electrons. The van der Waals surface area contributed by atoms with Gasteiger partial charge in [0.2, 0.25) is 5.91 Å². The zero-order chi connectivity index (χ0) is 11.8. The van der Waals surface area contributed by atoms with E-state index < -0.39 is 11.9 Å². The highest BCUT2D eigenvalue weighted by Gasteiger charge is 2.16. The summed E-state index contributed by atoms with van der Waals surface area (Å²) in [6, 6.07) is 0. The van der Waals surface area contributed by atoms with Crippen molar-refractivity contribution in [3.05, 3.63) is 12.7 Å². The molecule has 0 heterocycles. The van der Waals surface area contributed by atoms with Gasteiger partial charge in [-0.3, -0.25) is 9.59 Å². The molecule has 1 unspecified atom stereocenters. The molecule has 0 aromatic heterocycles. The van der Waals surface area contributed by atoms with Gasteiger partial charge in [0, 0.05) is 13.6 Å². The Labute approximate surface area is 89.3 Å². The third-order valence-electron chi connectivity index (χ3n) is 1.86. The van der Waals surface area contributed by atoms with E-state index in [1.54, 1.807) is 20.0 Å². The smallest absolute Gasteiger partial charge is 0.308 e. The first-order chi connectivity index (χ1) is 6.99. The number of aliphatic carboxylic acids is 1. The van der Waals surface area contributed by atoms with Crippen molar-refractivity contribution in [3.8, 4) is 0 Å². The summed E-state index contributed by atoms with van der Waals surface area (Å²) in [7, 11) is 1.55. The van der Waals surface area contributed by atoms with Crippen molar-refractivity contribution in [3.63, 3.8) is 0 Å². The number of likely N-dealkylation sites (N-methyl/N-ethyl adjacent to an activating group) is 1. The lowest BCUT2D eigenvalue weighted by Crippen LogP contribution is -2.36. The number of carboxylic acids is 1. The van der Waals surface area contributed by atoms with Crippen LogP contribution in [0.5, 0.6) is 0 Å². The number of rotatable bonds is 7. The van der Waals surface area contributed by atoms with E-state index in [9.17, 15) is 9.59 Å². The molecule has 0 aliphatic carbocycles. The van der Waals surface area contributed by atoms with Crippen LogP contribution in [-0.2, 0) is 14.3 Å². The van der Waals surface area contributed by atoms with Gasteiger partial charge in [-0.25, -0.2) is 0 Å². The largest absolute Gasteiger partial charge is 0.481 e. The van der Waals surface area contributed by atoms with Crippen LogP contribution < -0.4 is 0 Å². The Kier molecular flexibility index (Phi) is 6.37. The number of amides is 1. The first-order valence-corrected chi connectivity index (χ1v) is 4.64. The average Bonchev–Trinajstić information content (AvgIpc) is 2.17. The fourth-order valence-corrected chi connectivity index (χ4v) is 0.930. The molecule has 5 nitrogen and oxygen atoms in total. The Hall–Kier alpha value is -1.36. The van der Waals surface area contributed by atoms with E-state index in [1.807, 2.05) is 0 Å². The Morgan fingerprint density at radius 1 is 1.60 bits per heavy atom. The van der Waals surface area contributed by atoms with Crippen LogP contribution >= 0.6 is 0 Å². The maximum atomic E-state index is 11.3. The molecule has 0 rings (SSSR count). The Bertz CT molecular complexity index is 240. The van der Waals surface area contributed by atoms with Crippen molar-refractivity contribution in [2.45, 2.75) is 6.92 Å². The first kappa shape index (κ1) is 13.6. The second kappa shape index (κ2) is 7.00. The van der Waals surface area contributed by atoms with E-state index in [4.69, 9.17) is 9.84 Å². The van der Waals surface area contributed by atoms with Gasteiger partial charge in [0.25, 0.3) is 0 Å². The minimum Gasteiger partial charge on any atom is -0.481 e. The molecule has 0 fully saturated rings. The second-order valence-electron chi connectivity index (χ2n) is 3.32. The monoisotopic (exact) mass is 215 g/mol. The lowest BCUT2D eigenvalue weighted by molar-refractivity contribution is -0.143. The molecule has 0 radical (unpaired) electrons. The van der Waals surface area contributed by atoms with Crippen molar-refractivity contribution in [1.82, 2.24) is 4.90 Å². The molecule has 1 atom stereocenters. The van der Waals surface area contributed by atoms with Gasteiger partial charge in [-0.1, -0.05) is 13.0 Å². The van der Waals surface area contributed by atoms with Gasteiger partial charge in [-0.15, -0.1) is 6.58 Å². The molecular formula is C10H17NO4. The van der Waals surface area contributed by atoms with E-state index in [0.717, 1.165) is 0 Å². The van der Waals surface area contributed by atoms with Crippen LogP contribution in [0.2, 0.25) is 0 Å². The third-order valence-corrected chi connectivity index (χ3v) is 1.86. The normalized spacial score (nSPS) is 11.9. The van der Waals surface area contributed by atoms with Gasteiger partial charge in [0.15, 0.2) is 0 Å². The maximum Gasteiger partial charge on any atom is 0.308 e. The van der Waals surface area contributed by atoms with Crippen molar-refractivity contribution < 1.29 is 19.4 Å². The quantitative estimate of drug-likeness (QED) is 0.492. The molecule has 5 heteroatoms. The molecule has 0 aliphatic heterocycles. The summed E-state index contributed by atoms with van der Waals surface area (Å²) in [6.07, 6.45) is 1.55. The molecule has 0 aromatic rings. The van der Waals surface area contributed by atoms with Gasteiger partial charge in [-0.2, -0.15) is 0 Å². The second-order valence-corrected chi connectivity index (χ2v) is 3.32. The summed E-state index contributed by atoms with van der Waals surface area (Å²) in [5.74, 6) is -1.72. The number of hydrogen-bond acceptors (Lipinski definition) is 3. The van der Waals surface area contributed by atoms with Gasteiger partial charge < -0.3 is 14.7 Å². The van der Waals surface area contributed by atoms with Crippen molar-refractivity contribution >= 4 is 11.9 Å². The van der Waals surface area contributed by atoms with Gasteiger partial charge in [0.05, 0.1) is 12.5 Å². The van der Waals surface area contributed by atoms with E-state index in [1.165, 1.54) is 4.90 Å². The molecule has 0 aromatic carbocycles. The number of nitrogens with zero attached hydrogens (tertiary/aromatic N) is 1. The summed E-state index contributed by atoms with van der Waals surface area (Å²) in [4.78, 5) is 23.2. The zero-order valence-electron chi connectivity index (χ0n) is 9.10.